The summed E-state index contributed by atoms with van der Waals surface area (Å²) in [7, 11) is 1.60. The van der Waals surface area contributed by atoms with Crippen LogP contribution in [0.15, 0.2) is 36.5 Å². The first kappa shape index (κ1) is 24.8. The summed E-state index contributed by atoms with van der Waals surface area (Å²) in [5, 5.41) is 7.23. The molecule has 182 valence electrons. The molecule has 1 aliphatic rings. The average Bonchev–Trinajstić information content (AvgIpc) is 3.22. The van der Waals surface area contributed by atoms with Crippen LogP contribution in [0.2, 0.25) is 0 Å². The number of rotatable bonds is 7. The molecule has 10 nitrogen and oxygen atoms in total. The Hall–Kier alpha value is -3.82. The Kier molecular flexibility index (Phi) is 8.29. The number of hydrogen-bond donors (Lipinski definition) is 1. The lowest BCUT2D eigenvalue weighted by molar-refractivity contribution is -0.136. The molecule has 1 aromatic carbocycles. The lowest BCUT2D eigenvalue weighted by atomic mass is 10.2. The lowest BCUT2D eigenvalue weighted by Crippen LogP contribution is -2.52. The van der Waals surface area contributed by atoms with Gasteiger partial charge in [-0.05, 0) is 44.5 Å². The number of aromatic nitrogens is 2. The van der Waals surface area contributed by atoms with Crippen LogP contribution in [0.3, 0.4) is 0 Å². The summed E-state index contributed by atoms with van der Waals surface area (Å²) in [4.78, 5) is 40.5. The van der Waals surface area contributed by atoms with Crippen molar-refractivity contribution < 1.29 is 23.9 Å². The molecule has 2 aromatic rings. The number of carbonyl (C=O) groups is 3. The third-order valence-corrected chi connectivity index (χ3v) is 5.59. The summed E-state index contributed by atoms with van der Waals surface area (Å²) < 4.78 is 11.7. The molecule has 1 aromatic heterocycles. The standard InChI is InChI=1S/C24H31N5O5/c1-5-34-24(32)28-14-12-27(13-15-28)23(31)18(3)29-16-21(17(2)26-29)25-22(30)11-8-19-6-9-20(33-4)10-7-19/h6-11,16,18H,5,12-15H2,1-4H3,(H,25,30)/b11-8+. The fourth-order valence-corrected chi connectivity index (χ4v) is 3.57. The summed E-state index contributed by atoms with van der Waals surface area (Å²) in [6.07, 6.45) is 4.45. The molecule has 0 saturated carbocycles. The van der Waals surface area contributed by atoms with E-state index < -0.39 is 6.04 Å². The summed E-state index contributed by atoms with van der Waals surface area (Å²) >= 11 is 0. The number of amides is 3. The fraction of sp³-hybridized carbons (Fsp3) is 0.417. The van der Waals surface area contributed by atoms with Crippen molar-refractivity contribution in [2.24, 2.45) is 0 Å². The molecule has 2 heterocycles. The van der Waals surface area contributed by atoms with Crippen molar-refractivity contribution in [3.63, 3.8) is 0 Å². The number of hydrogen-bond acceptors (Lipinski definition) is 6. The molecule has 1 saturated heterocycles. The second-order valence-corrected chi connectivity index (χ2v) is 7.89. The summed E-state index contributed by atoms with van der Waals surface area (Å²) in [5.41, 5.74) is 2.01. The molecule has 1 fully saturated rings. The minimum atomic E-state index is -0.548. The number of piperazine rings is 1. The SMILES string of the molecule is CCOC(=O)N1CCN(C(=O)C(C)n2cc(NC(=O)/C=C/c3ccc(OC)cc3)c(C)n2)CC1. The quantitative estimate of drug-likeness (QED) is 0.625. The van der Waals surface area contributed by atoms with Gasteiger partial charge in [-0.3, -0.25) is 14.3 Å². The highest BCUT2D eigenvalue weighted by molar-refractivity contribution is 6.02. The normalized spacial score (nSPS) is 14.7. The van der Waals surface area contributed by atoms with Crippen molar-refractivity contribution in [1.82, 2.24) is 19.6 Å². The molecule has 10 heteroatoms. The van der Waals surface area contributed by atoms with E-state index in [1.807, 2.05) is 24.3 Å². The highest BCUT2D eigenvalue weighted by Gasteiger charge is 2.28. The van der Waals surface area contributed by atoms with Crippen molar-refractivity contribution in [2.75, 3.05) is 45.2 Å². The van der Waals surface area contributed by atoms with Gasteiger partial charge in [0.05, 0.1) is 25.1 Å². The number of anilines is 1. The van der Waals surface area contributed by atoms with Crippen molar-refractivity contribution in [3.8, 4) is 5.75 Å². The maximum Gasteiger partial charge on any atom is 0.409 e. The van der Waals surface area contributed by atoms with Crippen molar-refractivity contribution in [3.05, 3.63) is 47.8 Å². The zero-order chi connectivity index (χ0) is 24.7. The number of nitrogens with zero attached hydrogens (tertiary/aromatic N) is 4. The van der Waals surface area contributed by atoms with Crippen LogP contribution in [0, 0.1) is 6.92 Å². The van der Waals surface area contributed by atoms with Gasteiger partial charge >= 0.3 is 6.09 Å². The molecule has 1 N–H and O–H groups in total. The topological polar surface area (TPSA) is 106 Å². The molecule has 0 radical (unpaired) electrons. The number of aryl methyl sites for hydroxylation is 1. The number of benzene rings is 1. The first-order valence-corrected chi connectivity index (χ1v) is 11.2. The van der Waals surface area contributed by atoms with Crippen LogP contribution in [0.5, 0.6) is 5.75 Å². The predicted molar refractivity (Wildman–Crippen MR) is 128 cm³/mol. The second kappa shape index (κ2) is 11.4. The number of methoxy groups -OCH3 is 1. The molecule has 34 heavy (non-hydrogen) atoms. The Morgan fingerprint density at radius 3 is 2.38 bits per heavy atom. The van der Waals surface area contributed by atoms with Crippen molar-refractivity contribution in [1.29, 1.82) is 0 Å². The van der Waals surface area contributed by atoms with Crippen LogP contribution in [-0.2, 0) is 14.3 Å². The van der Waals surface area contributed by atoms with Gasteiger partial charge in [-0.2, -0.15) is 5.10 Å². The van der Waals surface area contributed by atoms with E-state index in [4.69, 9.17) is 9.47 Å². The second-order valence-electron chi connectivity index (χ2n) is 7.89. The smallest absolute Gasteiger partial charge is 0.409 e. The van der Waals surface area contributed by atoms with E-state index >= 15 is 0 Å². The maximum absolute atomic E-state index is 13.0. The molecule has 1 aliphatic heterocycles. The predicted octanol–water partition coefficient (Wildman–Crippen LogP) is 2.71. The molecular weight excluding hydrogens is 438 g/mol. The Bertz CT molecular complexity index is 1040. The van der Waals surface area contributed by atoms with Gasteiger partial charge in [0.1, 0.15) is 11.8 Å². The Morgan fingerprint density at radius 1 is 1.12 bits per heavy atom. The van der Waals surface area contributed by atoms with Gasteiger partial charge in [-0.25, -0.2) is 4.79 Å². The minimum Gasteiger partial charge on any atom is -0.497 e. The van der Waals surface area contributed by atoms with Crippen LogP contribution in [0.4, 0.5) is 10.5 Å². The molecule has 0 spiro atoms. The van der Waals surface area contributed by atoms with Gasteiger partial charge in [-0.15, -0.1) is 0 Å². The highest BCUT2D eigenvalue weighted by atomic mass is 16.6. The van der Waals surface area contributed by atoms with Crippen LogP contribution in [0.1, 0.15) is 31.1 Å². The first-order valence-electron chi connectivity index (χ1n) is 11.2. The van der Waals surface area contributed by atoms with E-state index in [2.05, 4.69) is 10.4 Å². The van der Waals surface area contributed by atoms with E-state index in [0.717, 1.165) is 11.3 Å². The average molecular weight is 470 g/mol. The highest BCUT2D eigenvalue weighted by Crippen LogP contribution is 2.19. The minimum absolute atomic E-state index is 0.0942. The van der Waals surface area contributed by atoms with Crippen LogP contribution in [0.25, 0.3) is 6.08 Å². The Labute approximate surface area is 199 Å². The van der Waals surface area contributed by atoms with Crippen LogP contribution in [-0.4, -0.2) is 77.4 Å². The molecule has 0 bridgehead atoms. The molecular formula is C24H31N5O5. The van der Waals surface area contributed by atoms with Gasteiger partial charge in [0.15, 0.2) is 0 Å². The summed E-state index contributed by atoms with van der Waals surface area (Å²) in [5.74, 6) is 0.352. The largest absolute Gasteiger partial charge is 0.497 e. The summed E-state index contributed by atoms with van der Waals surface area (Å²) in [6, 6.07) is 6.80. The molecule has 3 amide bonds. The number of nitrogens with one attached hydrogen (secondary N) is 1. The van der Waals surface area contributed by atoms with Gasteiger partial charge in [0.25, 0.3) is 0 Å². The zero-order valence-corrected chi connectivity index (χ0v) is 20.0. The maximum atomic E-state index is 13.0. The Balaban J connectivity index is 1.57. The van der Waals surface area contributed by atoms with E-state index in [0.29, 0.717) is 44.2 Å². The first-order chi connectivity index (χ1) is 16.3. The molecule has 3 rings (SSSR count). The van der Waals surface area contributed by atoms with E-state index in [1.165, 1.54) is 6.08 Å². The summed E-state index contributed by atoms with van der Waals surface area (Å²) in [6.45, 7) is 7.35. The van der Waals surface area contributed by atoms with Gasteiger partial charge in [0.2, 0.25) is 11.8 Å². The fourth-order valence-electron chi connectivity index (χ4n) is 3.57. The van der Waals surface area contributed by atoms with Crippen LogP contribution < -0.4 is 10.1 Å². The van der Waals surface area contributed by atoms with Crippen molar-refractivity contribution >= 4 is 29.7 Å². The molecule has 0 aliphatic carbocycles. The van der Waals surface area contributed by atoms with E-state index in [1.54, 1.807) is 54.6 Å². The van der Waals surface area contributed by atoms with E-state index in [9.17, 15) is 14.4 Å². The number of carbonyl (C=O) groups excluding carboxylic acids is 3. The van der Waals surface area contributed by atoms with Crippen LogP contribution >= 0.6 is 0 Å². The Morgan fingerprint density at radius 2 is 1.76 bits per heavy atom. The molecule has 1 atom stereocenters. The monoisotopic (exact) mass is 469 g/mol. The third kappa shape index (κ3) is 6.15. The van der Waals surface area contributed by atoms with Gasteiger partial charge in [0, 0.05) is 38.5 Å². The third-order valence-electron chi connectivity index (χ3n) is 5.59. The van der Waals surface area contributed by atoms with Gasteiger partial charge in [-0.1, -0.05) is 12.1 Å². The lowest BCUT2D eigenvalue weighted by Gasteiger charge is -2.35. The number of ether oxygens (including phenoxy) is 2. The van der Waals surface area contributed by atoms with Crippen molar-refractivity contribution in [2.45, 2.75) is 26.8 Å². The zero-order valence-electron chi connectivity index (χ0n) is 20.0. The van der Waals surface area contributed by atoms with E-state index in [-0.39, 0.29) is 17.9 Å². The molecule has 1 unspecified atom stereocenters. The van der Waals surface area contributed by atoms with Gasteiger partial charge < -0.3 is 24.6 Å².